The molecule has 0 bridgehead atoms. The molecule has 10 heteroatoms. The number of likely N-dealkylation sites (tertiary alicyclic amines) is 1. The van der Waals surface area contributed by atoms with E-state index in [0.29, 0.717) is 5.56 Å². The molecule has 8 nitrogen and oxygen atoms in total. The van der Waals surface area contributed by atoms with Gasteiger partial charge in [-0.1, -0.05) is 56.3 Å². The second-order valence-corrected chi connectivity index (χ2v) is 11.3. The number of nitrogens with zero attached hydrogens (tertiary/aromatic N) is 3. The number of halogens is 1. The number of β-amino-alcohol motifs (C(OH)–C–C–N with tert-alkyl or cyclic N) is 1. The SMILES string of the molecule is Cc1ncsc1-c1ccc(CNC(=O)C2[C@@H](F)[C@@H](O)CN2C(=O)[C@H](C(C)C)N2Cc3ccccc3C2=O)cc1. The van der Waals surface area contributed by atoms with Crippen LogP contribution in [-0.2, 0) is 22.7 Å². The van der Waals surface area contributed by atoms with Crippen molar-refractivity contribution in [3.8, 4) is 10.4 Å². The Kier molecular flexibility index (Phi) is 7.51. The van der Waals surface area contributed by atoms with Crippen molar-refractivity contribution in [2.24, 2.45) is 5.92 Å². The Morgan fingerprint density at radius 3 is 2.54 bits per heavy atom. The van der Waals surface area contributed by atoms with Gasteiger partial charge in [0.05, 0.1) is 22.6 Å². The molecule has 3 amide bonds. The number of nitrogens with one attached hydrogen (secondary N) is 1. The van der Waals surface area contributed by atoms with Gasteiger partial charge in [0.1, 0.15) is 18.2 Å². The molecule has 0 spiro atoms. The predicted molar refractivity (Wildman–Crippen MR) is 145 cm³/mol. The number of hydrogen-bond donors (Lipinski definition) is 2. The number of aliphatic hydroxyl groups excluding tert-OH is 1. The second kappa shape index (κ2) is 10.9. The quantitative estimate of drug-likeness (QED) is 0.470. The average Bonchev–Trinajstić information content (AvgIpc) is 3.58. The summed E-state index contributed by atoms with van der Waals surface area (Å²) in [4.78, 5) is 48.1. The van der Waals surface area contributed by atoms with Crippen molar-refractivity contribution in [3.05, 3.63) is 76.4 Å². The maximum atomic E-state index is 15.2. The summed E-state index contributed by atoms with van der Waals surface area (Å²) < 4.78 is 15.2. The summed E-state index contributed by atoms with van der Waals surface area (Å²) >= 11 is 1.55. The zero-order valence-corrected chi connectivity index (χ0v) is 22.8. The van der Waals surface area contributed by atoms with E-state index in [2.05, 4.69) is 10.3 Å². The van der Waals surface area contributed by atoms with Crippen LogP contribution in [0.2, 0.25) is 0 Å². The summed E-state index contributed by atoms with van der Waals surface area (Å²) in [5, 5.41) is 13.0. The maximum Gasteiger partial charge on any atom is 0.255 e. The molecule has 5 rings (SSSR count). The molecule has 2 aliphatic heterocycles. The Morgan fingerprint density at radius 1 is 1.18 bits per heavy atom. The molecule has 39 heavy (non-hydrogen) atoms. The third-order valence-corrected chi connectivity index (χ3v) is 8.42. The molecule has 0 radical (unpaired) electrons. The van der Waals surface area contributed by atoms with E-state index in [4.69, 9.17) is 0 Å². The van der Waals surface area contributed by atoms with Crippen LogP contribution in [0.25, 0.3) is 10.4 Å². The first kappa shape index (κ1) is 27.0. The number of rotatable bonds is 7. The fourth-order valence-electron chi connectivity index (χ4n) is 5.41. The Balaban J connectivity index is 1.30. The van der Waals surface area contributed by atoms with Gasteiger partial charge in [-0.15, -0.1) is 11.3 Å². The van der Waals surface area contributed by atoms with Gasteiger partial charge >= 0.3 is 0 Å². The summed E-state index contributed by atoms with van der Waals surface area (Å²) in [5.41, 5.74) is 5.91. The fraction of sp³-hybridized carbons (Fsp3) is 0.379. The van der Waals surface area contributed by atoms with Gasteiger partial charge < -0.3 is 20.2 Å². The Labute approximate surface area is 230 Å². The first-order valence-electron chi connectivity index (χ1n) is 13.0. The van der Waals surface area contributed by atoms with Crippen LogP contribution in [0.15, 0.2) is 54.0 Å². The minimum Gasteiger partial charge on any atom is -0.388 e. The van der Waals surface area contributed by atoms with E-state index >= 15 is 4.39 Å². The van der Waals surface area contributed by atoms with Crippen molar-refractivity contribution in [2.45, 2.75) is 58.2 Å². The number of aryl methyl sites for hydroxylation is 1. The van der Waals surface area contributed by atoms with Crippen molar-refractivity contribution in [1.82, 2.24) is 20.1 Å². The zero-order chi connectivity index (χ0) is 27.8. The van der Waals surface area contributed by atoms with E-state index < -0.39 is 36.2 Å². The number of thiazole rings is 1. The van der Waals surface area contributed by atoms with E-state index in [-0.39, 0.29) is 31.5 Å². The highest BCUT2D eigenvalue weighted by Gasteiger charge is 2.51. The Hall–Kier alpha value is -3.63. The molecule has 1 fully saturated rings. The fourth-order valence-corrected chi connectivity index (χ4v) is 6.22. The number of aromatic nitrogens is 1. The highest BCUT2D eigenvalue weighted by atomic mass is 32.1. The molecule has 2 aliphatic rings. The molecule has 1 saturated heterocycles. The van der Waals surface area contributed by atoms with E-state index in [1.54, 1.807) is 29.0 Å². The van der Waals surface area contributed by atoms with Crippen LogP contribution < -0.4 is 5.32 Å². The first-order chi connectivity index (χ1) is 18.7. The van der Waals surface area contributed by atoms with E-state index in [9.17, 15) is 19.5 Å². The number of amides is 3. The zero-order valence-electron chi connectivity index (χ0n) is 22.0. The monoisotopic (exact) mass is 550 g/mol. The maximum absolute atomic E-state index is 15.2. The van der Waals surface area contributed by atoms with E-state index in [1.807, 2.05) is 57.2 Å². The van der Waals surface area contributed by atoms with Gasteiger partial charge in [0.15, 0.2) is 6.17 Å². The number of alkyl halides is 1. The number of fused-ring (bicyclic) bond motifs is 1. The topological polar surface area (TPSA) is 103 Å². The van der Waals surface area contributed by atoms with Gasteiger partial charge in [0.2, 0.25) is 11.8 Å². The van der Waals surface area contributed by atoms with Gasteiger partial charge in [-0.25, -0.2) is 9.37 Å². The van der Waals surface area contributed by atoms with Crippen molar-refractivity contribution in [3.63, 3.8) is 0 Å². The van der Waals surface area contributed by atoms with E-state index in [1.165, 1.54) is 4.90 Å². The van der Waals surface area contributed by atoms with Gasteiger partial charge in [-0.3, -0.25) is 14.4 Å². The molecule has 204 valence electrons. The van der Waals surface area contributed by atoms with Crippen LogP contribution in [0.3, 0.4) is 0 Å². The number of benzene rings is 2. The third kappa shape index (κ3) is 5.06. The minimum atomic E-state index is -1.94. The lowest BCUT2D eigenvalue weighted by Gasteiger charge is -2.35. The van der Waals surface area contributed by atoms with Crippen LogP contribution in [-0.4, -0.2) is 68.5 Å². The third-order valence-electron chi connectivity index (χ3n) is 7.44. The van der Waals surface area contributed by atoms with Gasteiger partial charge in [0.25, 0.3) is 5.91 Å². The van der Waals surface area contributed by atoms with Crippen LogP contribution in [0.1, 0.15) is 41.0 Å². The predicted octanol–water partition coefficient (Wildman–Crippen LogP) is 3.33. The standard InChI is InChI=1S/C29H31FN4O4S/c1-16(2)24(33-13-20-6-4-5-7-21(20)28(33)37)29(38)34-14-22(35)23(30)25(34)27(36)31-12-18-8-10-19(11-9-18)26-17(3)32-15-39-26/h4-11,15-16,22-25,35H,12-14H2,1-3H3,(H,31,36)/t22-,23-,24-,25?/m0/s1. The second-order valence-electron chi connectivity index (χ2n) is 10.4. The largest absolute Gasteiger partial charge is 0.388 e. The summed E-state index contributed by atoms with van der Waals surface area (Å²) in [6, 6.07) is 12.4. The number of carbonyl (C=O) groups is 3. The van der Waals surface area contributed by atoms with Crippen molar-refractivity contribution in [1.29, 1.82) is 0 Å². The lowest BCUT2D eigenvalue weighted by atomic mass is 10.00. The summed E-state index contributed by atoms with van der Waals surface area (Å²) in [6.45, 7) is 5.63. The molecule has 2 aromatic carbocycles. The summed E-state index contributed by atoms with van der Waals surface area (Å²) in [5.74, 6) is -1.80. The van der Waals surface area contributed by atoms with Gasteiger partial charge in [-0.2, -0.15) is 0 Å². The van der Waals surface area contributed by atoms with Gasteiger partial charge in [-0.05, 0) is 35.6 Å². The van der Waals surface area contributed by atoms with Gasteiger partial charge in [0, 0.05) is 18.7 Å². The molecule has 1 aromatic heterocycles. The van der Waals surface area contributed by atoms with Crippen molar-refractivity contribution < 1.29 is 23.9 Å². The molecule has 2 N–H and O–H groups in total. The van der Waals surface area contributed by atoms with E-state index in [0.717, 1.165) is 32.2 Å². The highest BCUT2D eigenvalue weighted by molar-refractivity contribution is 7.13. The summed E-state index contributed by atoms with van der Waals surface area (Å²) in [6.07, 6.45) is -3.43. The van der Waals surface area contributed by atoms with Crippen LogP contribution in [0.4, 0.5) is 4.39 Å². The molecule has 0 aliphatic carbocycles. The molecular formula is C29H31FN4O4S. The minimum absolute atomic E-state index is 0.135. The molecule has 4 atom stereocenters. The molecular weight excluding hydrogens is 519 g/mol. The summed E-state index contributed by atoms with van der Waals surface area (Å²) in [7, 11) is 0. The number of hydrogen-bond acceptors (Lipinski definition) is 6. The van der Waals surface area contributed by atoms with Crippen molar-refractivity contribution >= 4 is 29.1 Å². The van der Waals surface area contributed by atoms with Crippen LogP contribution in [0.5, 0.6) is 0 Å². The smallest absolute Gasteiger partial charge is 0.255 e. The Bertz CT molecular complexity index is 1390. The molecule has 3 aromatic rings. The molecule has 0 saturated carbocycles. The lowest BCUT2D eigenvalue weighted by Crippen LogP contribution is -2.56. The first-order valence-corrected chi connectivity index (χ1v) is 13.8. The highest BCUT2D eigenvalue weighted by Crippen LogP contribution is 2.31. The lowest BCUT2D eigenvalue weighted by molar-refractivity contribution is -0.144. The normalized spacial score (nSPS) is 21.4. The van der Waals surface area contributed by atoms with Crippen LogP contribution >= 0.6 is 11.3 Å². The number of carbonyl (C=O) groups excluding carboxylic acids is 3. The van der Waals surface area contributed by atoms with Crippen molar-refractivity contribution in [2.75, 3.05) is 6.54 Å². The molecule has 1 unspecified atom stereocenters. The Morgan fingerprint density at radius 2 is 1.90 bits per heavy atom. The van der Waals surface area contributed by atoms with Crippen LogP contribution in [0, 0.1) is 12.8 Å². The molecule has 3 heterocycles. The number of aliphatic hydroxyl groups is 1. The average molecular weight is 551 g/mol.